The first-order chi connectivity index (χ1) is 15.9. The maximum absolute atomic E-state index is 14.3. The van der Waals surface area contributed by atoms with Crippen molar-refractivity contribution in [2.24, 2.45) is 10.9 Å². The van der Waals surface area contributed by atoms with Gasteiger partial charge in [0, 0.05) is 48.9 Å². The van der Waals surface area contributed by atoms with Gasteiger partial charge in [0.05, 0.1) is 11.1 Å². The van der Waals surface area contributed by atoms with Crippen LogP contribution in [0.4, 0.5) is 4.39 Å². The Morgan fingerprint density at radius 3 is 2.33 bits per heavy atom. The molecule has 1 fully saturated rings. The van der Waals surface area contributed by atoms with Crippen molar-refractivity contribution >= 4 is 34.7 Å². The summed E-state index contributed by atoms with van der Waals surface area (Å²) in [7, 11) is 1.94. The number of ketones is 1. The van der Waals surface area contributed by atoms with E-state index in [2.05, 4.69) is 15.0 Å². The standard InChI is InChI=1S/C16H18FN5O3.C7H6O/c1-21-4-6-22(7-5-21)16(24)14(23)10-8-19-13-9(15(18)20-25)2-3-11(17)12(10)13;8-6-7-4-2-1-3-5-7/h2-3,8,19,25H,4-7H2,1H3,(H2,18,20);1-6H. The van der Waals surface area contributed by atoms with Crippen molar-refractivity contribution < 1.29 is 24.0 Å². The first kappa shape index (κ1) is 23.6. The van der Waals surface area contributed by atoms with Crippen LogP contribution in [0.2, 0.25) is 0 Å². The van der Waals surface area contributed by atoms with Gasteiger partial charge in [-0.25, -0.2) is 4.39 Å². The number of H-pyrrole nitrogens is 1. The van der Waals surface area contributed by atoms with Crippen molar-refractivity contribution in [3.63, 3.8) is 0 Å². The summed E-state index contributed by atoms with van der Waals surface area (Å²) in [5.74, 6) is -2.34. The molecule has 1 amide bonds. The maximum Gasteiger partial charge on any atom is 0.295 e. The number of carbonyl (C=O) groups excluding carboxylic acids is 3. The van der Waals surface area contributed by atoms with Gasteiger partial charge in [0.2, 0.25) is 0 Å². The SMILES string of the molecule is CN1CCN(C(=O)C(=O)c2c[nH]c3c(/C(N)=N/O)ccc(F)c23)CC1.O=Cc1ccccc1. The van der Waals surface area contributed by atoms with E-state index in [0.717, 1.165) is 17.9 Å². The predicted octanol–water partition coefficient (Wildman–Crippen LogP) is 1.86. The Morgan fingerprint density at radius 2 is 1.76 bits per heavy atom. The van der Waals surface area contributed by atoms with Crippen LogP contribution in [0.15, 0.2) is 53.8 Å². The molecule has 1 aromatic heterocycles. The fraction of sp³-hybridized carbons (Fsp3) is 0.217. The maximum atomic E-state index is 14.3. The molecule has 0 radical (unpaired) electrons. The van der Waals surface area contributed by atoms with Gasteiger partial charge in [-0.2, -0.15) is 0 Å². The third-order valence-electron chi connectivity index (χ3n) is 5.33. The zero-order chi connectivity index (χ0) is 24.0. The van der Waals surface area contributed by atoms with Crippen LogP contribution in [0.5, 0.6) is 0 Å². The van der Waals surface area contributed by atoms with Gasteiger partial charge in [-0.05, 0) is 19.2 Å². The van der Waals surface area contributed by atoms with Crippen LogP contribution >= 0.6 is 0 Å². The van der Waals surface area contributed by atoms with Gasteiger partial charge in [0.25, 0.3) is 11.7 Å². The van der Waals surface area contributed by atoms with Crippen molar-refractivity contribution in [3.05, 3.63) is 71.2 Å². The Bertz CT molecular complexity index is 1180. The molecule has 4 rings (SSSR count). The number of hydrogen-bond acceptors (Lipinski definition) is 6. The summed E-state index contributed by atoms with van der Waals surface area (Å²) in [6.45, 7) is 2.24. The molecule has 1 aliphatic heterocycles. The van der Waals surface area contributed by atoms with Crippen molar-refractivity contribution in [2.45, 2.75) is 0 Å². The van der Waals surface area contributed by atoms with E-state index in [1.54, 1.807) is 12.1 Å². The molecule has 1 saturated heterocycles. The van der Waals surface area contributed by atoms with E-state index >= 15 is 0 Å². The molecule has 10 heteroatoms. The van der Waals surface area contributed by atoms with Crippen molar-refractivity contribution in [2.75, 3.05) is 33.2 Å². The summed E-state index contributed by atoms with van der Waals surface area (Å²) < 4.78 is 14.3. The molecule has 0 atom stereocenters. The number of carbonyl (C=O) groups is 3. The molecule has 0 spiro atoms. The Morgan fingerprint density at radius 1 is 1.09 bits per heavy atom. The number of benzene rings is 2. The number of likely N-dealkylation sites (N-methyl/N-ethyl adjacent to an activating group) is 1. The molecule has 2 heterocycles. The Labute approximate surface area is 189 Å². The normalized spacial score (nSPS) is 14.5. The van der Waals surface area contributed by atoms with Crippen LogP contribution in [0.1, 0.15) is 26.3 Å². The predicted molar refractivity (Wildman–Crippen MR) is 121 cm³/mol. The van der Waals surface area contributed by atoms with E-state index in [-0.39, 0.29) is 27.9 Å². The second-order valence-corrected chi connectivity index (χ2v) is 7.49. The molecular formula is C23H24FN5O4. The van der Waals surface area contributed by atoms with Crippen molar-refractivity contribution in [1.29, 1.82) is 0 Å². The number of amides is 1. The third kappa shape index (κ3) is 5.24. The highest BCUT2D eigenvalue weighted by Crippen LogP contribution is 2.26. The number of nitrogens with zero attached hydrogens (tertiary/aromatic N) is 3. The number of halogens is 1. The highest BCUT2D eigenvalue weighted by Gasteiger charge is 2.29. The second-order valence-electron chi connectivity index (χ2n) is 7.49. The Hall–Kier alpha value is -4.05. The zero-order valence-corrected chi connectivity index (χ0v) is 18.0. The minimum Gasteiger partial charge on any atom is -0.409 e. The molecule has 3 aromatic rings. The van der Waals surface area contributed by atoms with Gasteiger partial charge in [-0.15, -0.1) is 0 Å². The van der Waals surface area contributed by atoms with Gasteiger partial charge in [0.15, 0.2) is 5.84 Å². The number of rotatable bonds is 4. The van der Waals surface area contributed by atoms with Crippen LogP contribution in [-0.4, -0.2) is 77.0 Å². The first-order valence-corrected chi connectivity index (χ1v) is 10.2. The van der Waals surface area contributed by atoms with E-state index in [1.807, 2.05) is 25.2 Å². The Kier molecular flexibility index (Phi) is 7.52. The lowest BCUT2D eigenvalue weighted by atomic mass is 10.0. The average molecular weight is 453 g/mol. The number of aldehydes is 1. The Balaban J connectivity index is 0.000000323. The van der Waals surface area contributed by atoms with Crippen molar-refractivity contribution in [3.8, 4) is 0 Å². The fourth-order valence-electron chi connectivity index (χ4n) is 3.45. The molecule has 0 aliphatic carbocycles. The van der Waals surface area contributed by atoms with Crippen molar-refractivity contribution in [1.82, 2.24) is 14.8 Å². The number of fused-ring (bicyclic) bond motifs is 1. The number of nitrogens with one attached hydrogen (secondary N) is 1. The molecule has 9 nitrogen and oxygen atoms in total. The zero-order valence-electron chi connectivity index (χ0n) is 18.0. The molecule has 172 valence electrons. The second kappa shape index (κ2) is 10.5. The molecule has 0 saturated carbocycles. The van der Waals surface area contributed by atoms with E-state index < -0.39 is 17.5 Å². The molecule has 0 bridgehead atoms. The highest BCUT2D eigenvalue weighted by atomic mass is 19.1. The number of oxime groups is 1. The van der Waals surface area contributed by atoms with Gasteiger partial charge in [-0.1, -0.05) is 35.5 Å². The fourth-order valence-corrected chi connectivity index (χ4v) is 3.45. The minimum atomic E-state index is -0.786. The number of Topliss-reactive ketones (excluding diaryl/α,β-unsaturated/α-hetero) is 1. The monoisotopic (exact) mass is 453 g/mol. The van der Waals surface area contributed by atoms with Gasteiger partial charge in [-0.3, -0.25) is 14.4 Å². The lowest BCUT2D eigenvalue weighted by Crippen LogP contribution is -2.49. The molecule has 33 heavy (non-hydrogen) atoms. The number of aromatic nitrogens is 1. The molecule has 0 unspecified atom stereocenters. The first-order valence-electron chi connectivity index (χ1n) is 10.2. The number of aromatic amines is 1. The quantitative estimate of drug-likeness (QED) is 0.105. The van der Waals surface area contributed by atoms with E-state index in [1.165, 1.54) is 17.2 Å². The van der Waals surface area contributed by atoms with Gasteiger partial charge >= 0.3 is 0 Å². The highest BCUT2D eigenvalue weighted by molar-refractivity contribution is 6.45. The summed E-state index contributed by atoms with van der Waals surface area (Å²) in [5, 5.41) is 11.7. The smallest absolute Gasteiger partial charge is 0.295 e. The topological polar surface area (TPSA) is 132 Å². The third-order valence-corrected chi connectivity index (χ3v) is 5.33. The number of hydrogen-bond donors (Lipinski definition) is 3. The van der Waals surface area contributed by atoms with Crippen LogP contribution in [0.25, 0.3) is 10.9 Å². The van der Waals surface area contributed by atoms with Crippen LogP contribution in [-0.2, 0) is 4.79 Å². The molecule has 2 aromatic carbocycles. The summed E-state index contributed by atoms with van der Waals surface area (Å²) >= 11 is 0. The van der Waals surface area contributed by atoms with Gasteiger partial charge < -0.3 is 25.7 Å². The molecule has 1 aliphatic rings. The average Bonchev–Trinajstić information content (AvgIpc) is 3.30. The molecule has 4 N–H and O–H groups in total. The van der Waals surface area contributed by atoms with Crippen LogP contribution < -0.4 is 5.73 Å². The van der Waals surface area contributed by atoms with E-state index in [0.29, 0.717) is 26.2 Å². The van der Waals surface area contributed by atoms with Crippen LogP contribution in [0, 0.1) is 5.82 Å². The summed E-state index contributed by atoms with van der Waals surface area (Å²) in [6, 6.07) is 11.5. The van der Waals surface area contributed by atoms with E-state index in [9.17, 15) is 18.8 Å². The number of piperazine rings is 1. The van der Waals surface area contributed by atoms with Gasteiger partial charge in [0.1, 0.15) is 12.1 Å². The lowest BCUT2D eigenvalue weighted by molar-refractivity contribution is -0.127. The summed E-state index contributed by atoms with van der Waals surface area (Å²) in [5.41, 5.74) is 6.68. The minimum absolute atomic E-state index is 0.0448. The molecular weight excluding hydrogens is 429 g/mol. The summed E-state index contributed by atoms with van der Waals surface area (Å²) in [6.07, 6.45) is 2.11. The number of amidine groups is 1. The largest absolute Gasteiger partial charge is 0.409 e. The number of nitrogens with two attached hydrogens (primary N) is 1. The summed E-state index contributed by atoms with van der Waals surface area (Å²) in [4.78, 5) is 41.3. The van der Waals surface area contributed by atoms with E-state index in [4.69, 9.17) is 10.9 Å². The lowest BCUT2D eigenvalue weighted by Gasteiger charge is -2.31. The van der Waals surface area contributed by atoms with Crippen LogP contribution in [0.3, 0.4) is 0 Å².